The third kappa shape index (κ3) is 3.82. The van der Waals surface area contributed by atoms with Gasteiger partial charge in [-0.25, -0.2) is 4.79 Å². The van der Waals surface area contributed by atoms with Gasteiger partial charge in [-0.3, -0.25) is 4.79 Å². The van der Waals surface area contributed by atoms with Crippen molar-refractivity contribution >= 4 is 17.6 Å². The first kappa shape index (κ1) is 14.6. The molecule has 2 rings (SSSR count). The highest BCUT2D eigenvalue weighted by Gasteiger charge is 2.10. The Balaban J connectivity index is 2.07. The van der Waals surface area contributed by atoms with Crippen LogP contribution in [-0.2, 0) is 11.2 Å². The fourth-order valence-corrected chi connectivity index (χ4v) is 1.93. The fourth-order valence-electron chi connectivity index (χ4n) is 1.93. The molecule has 0 unspecified atom stereocenters. The Bertz CT molecular complexity index is 677. The van der Waals surface area contributed by atoms with Gasteiger partial charge in [0.1, 0.15) is 5.75 Å². The Morgan fingerprint density at radius 3 is 2.38 bits per heavy atom. The van der Waals surface area contributed by atoms with Gasteiger partial charge in [-0.05, 0) is 42.3 Å². The van der Waals surface area contributed by atoms with E-state index in [-0.39, 0.29) is 23.6 Å². The van der Waals surface area contributed by atoms with Crippen LogP contribution in [0.1, 0.15) is 21.5 Å². The first-order valence-corrected chi connectivity index (χ1v) is 6.37. The van der Waals surface area contributed by atoms with Gasteiger partial charge in [-0.2, -0.15) is 0 Å². The first-order chi connectivity index (χ1) is 9.95. The summed E-state index contributed by atoms with van der Waals surface area (Å²) in [6.07, 6.45) is 0.149. The number of carboxylic acid groups (broad SMARTS) is 1. The molecule has 0 aromatic heterocycles. The van der Waals surface area contributed by atoms with E-state index in [9.17, 15) is 14.7 Å². The number of phenolic OH excluding ortho intramolecular Hbond substituents is 1. The number of phenols is 1. The predicted octanol–water partition coefficient (Wildman–Crippen LogP) is 2.58. The maximum Gasteiger partial charge on any atom is 0.336 e. The number of carbonyl (C=O) groups excluding carboxylic acids is 1. The summed E-state index contributed by atoms with van der Waals surface area (Å²) in [4.78, 5) is 23.0. The predicted molar refractivity (Wildman–Crippen MR) is 78.6 cm³/mol. The van der Waals surface area contributed by atoms with Crippen LogP contribution in [0.5, 0.6) is 5.75 Å². The number of carboxylic acids is 1. The average Bonchev–Trinajstić information content (AvgIpc) is 2.43. The molecule has 0 saturated heterocycles. The molecule has 2 aromatic rings. The third-order valence-electron chi connectivity index (χ3n) is 3.05. The molecule has 0 aliphatic rings. The van der Waals surface area contributed by atoms with Crippen LogP contribution >= 0.6 is 0 Å². The van der Waals surface area contributed by atoms with E-state index in [1.165, 1.54) is 18.2 Å². The van der Waals surface area contributed by atoms with Crippen LogP contribution in [0.4, 0.5) is 5.69 Å². The number of hydrogen-bond acceptors (Lipinski definition) is 3. The van der Waals surface area contributed by atoms with Gasteiger partial charge < -0.3 is 15.5 Å². The van der Waals surface area contributed by atoms with E-state index >= 15 is 0 Å². The van der Waals surface area contributed by atoms with Crippen LogP contribution in [0.2, 0.25) is 0 Å². The second kappa shape index (κ2) is 6.09. The molecule has 0 aliphatic carbocycles. The van der Waals surface area contributed by atoms with Crippen LogP contribution < -0.4 is 5.32 Å². The fraction of sp³-hybridized carbons (Fsp3) is 0.125. The van der Waals surface area contributed by atoms with Crippen LogP contribution in [0.15, 0.2) is 42.5 Å². The topological polar surface area (TPSA) is 86.6 Å². The van der Waals surface area contributed by atoms with Crippen LogP contribution in [0, 0.1) is 6.92 Å². The lowest BCUT2D eigenvalue weighted by Crippen LogP contribution is -2.15. The summed E-state index contributed by atoms with van der Waals surface area (Å²) in [5.74, 6) is -1.13. The smallest absolute Gasteiger partial charge is 0.336 e. The summed E-state index contributed by atoms with van der Waals surface area (Å²) in [6.45, 7) is 1.70. The van der Waals surface area contributed by atoms with Crippen LogP contribution in [0.3, 0.4) is 0 Å². The molecule has 108 valence electrons. The van der Waals surface area contributed by atoms with E-state index in [1.54, 1.807) is 31.2 Å². The van der Waals surface area contributed by atoms with E-state index in [0.717, 1.165) is 5.56 Å². The van der Waals surface area contributed by atoms with E-state index in [4.69, 9.17) is 5.11 Å². The maximum absolute atomic E-state index is 11.9. The zero-order valence-electron chi connectivity index (χ0n) is 11.5. The van der Waals surface area contributed by atoms with Gasteiger partial charge >= 0.3 is 5.97 Å². The van der Waals surface area contributed by atoms with Crippen molar-refractivity contribution in [3.8, 4) is 5.75 Å². The second-order valence-electron chi connectivity index (χ2n) is 4.73. The van der Waals surface area contributed by atoms with Gasteiger partial charge in [0.2, 0.25) is 5.91 Å². The molecule has 3 N–H and O–H groups in total. The lowest BCUT2D eigenvalue weighted by atomic mass is 10.1. The molecule has 5 heteroatoms. The molecular formula is C16H15NO4. The molecule has 2 aromatic carbocycles. The van der Waals surface area contributed by atoms with Gasteiger partial charge in [-0.15, -0.1) is 0 Å². The van der Waals surface area contributed by atoms with E-state index in [2.05, 4.69) is 5.32 Å². The zero-order chi connectivity index (χ0) is 15.4. The lowest BCUT2D eigenvalue weighted by molar-refractivity contribution is -0.115. The van der Waals surface area contributed by atoms with Crippen molar-refractivity contribution < 1.29 is 19.8 Å². The SMILES string of the molecule is Cc1ccc(NC(=O)Cc2ccc(O)cc2)cc1C(=O)O. The highest BCUT2D eigenvalue weighted by Crippen LogP contribution is 2.16. The minimum atomic E-state index is -1.03. The number of nitrogens with one attached hydrogen (secondary N) is 1. The Morgan fingerprint density at radius 2 is 1.76 bits per heavy atom. The Labute approximate surface area is 121 Å². The van der Waals surface area contributed by atoms with Gasteiger partial charge in [0.15, 0.2) is 0 Å². The van der Waals surface area contributed by atoms with Crippen molar-refractivity contribution in [2.45, 2.75) is 13.3 Å². The van der Waals surface area contributed by atoms with Crippen molar-refractivity contribution in [1.82, 2.24) is 0 Å². The minimum absolute atomic E-state index is 0.142. The molecule has 5 nitrogen and oxygen atoms in total. The molecule has 0 saturated carbocycles. The quantitative estimate of drug-likeness (QED) is 0.805. The van der Waals surface area contributed by atoms with Gasteiger partial charge in [0.25, 0.3) is 0 Å². The number of rotatable bonds is 4. The first-order valence-electron chi connectivity index (χ1n) is 6.37. The molecule has 21 heavy (non-hydrogen) atoms. The average molecular weight is 285 g/mol. The molecular weight excluding hydrogens is 270 g/mol. The number of anilines is 1. The molecule has 0 radical (unpaired) electrons. The van der Waals surface area contributed by atoms with Crippen molar-refractivity contribution in [2.24, 2.45) is 0 Å². The summed E-state index contributed by atoms with van der Waals surface area (Å²) in [6, 6.07) is 11.1. The second-order valence-corrected chi connectivity index (χ2v) is 4.73. The highest BCUT2D eigenvalue weighted by molar-refractivity contribution is 5.95. The molecule has 1 amide bonds. The van der Waals surface area contributed by atoms with E-state index in [0.29, 0.717) is 11.3 Å². The monoisotopic (exact) mass is 285 g/mol. The van der Waals surface area contributed by atoms with Crippen LogP contribution in [-0.4, -0.2) is 22.1 Å². The standard InChI is InChI=1S/C16H15NO4/c1-10-2-5-12(9-14(10)16(20)21)17-15(19)8-11-3-6-13(18)7-4-11/h2-7,9,18H,8H2,1H3,(H,17,19)(H,20,21). The minimum Gasteiger partial charge on any atom is -0.508 e. The largest absolute Gasteiger partial charge is 0.508 e. The van der Waals surface area contributed by atoms with Crippen molar-refractivity contribution in [3.63, 3.8) is 0 Å². The molecule has 0 fully saturated rings. The van der Waals surface area contributed by atoms with Gasteiger partial charge in [-0.1, -0.05) is 18.2 Å². The van der Waals surface area contributed by atoms with Gasteiger partial charge in [0, 0.05) is 5.69 Å². The number of hydrogen-bond donors (Lipinski definition) is 3. The van der Waals surface area contributed by atoms with E-state index in [1.807, 2.05) is 0 Å². The Morgan fingerprint density at radius 1 is 1.10 bits per heavy atom. The number of aromatic carboxylic acids is 1. The number of benzene rings is 2. The zero-order valence-corrected chi connectivity index (χ0v) is 11.5. The van der Waals surface area contributed by atoms with Gasteiger partial charge in [0.05, 0.1) is 12.0 Å². The summed E-state index contributed by atoms with van der Waals surface area (Å²) in [7, 11) is 0. The van der Waals surface area contributed by atoms with Crippen molar-refractivity contribution in [2.75, 3.05) is 5.32 Å². The normalized spacial score (nSPS) is 10.1. The maximum atomic E-state index is 11.9. The molecule has 0 aliphatic heterocycles. The Kier molecular flexibility index (Phi) is 4.23. The lowest BCUT2D eigenvalue weighted by Gasteiger charge is -2.08. The number of aryl methyl sites for hydroxylation is 1. The number of carbonyl (C=O) groups is 2. The summed E-state index contributed by atoms with van der Waals surface area (Å²) in [5, 5.41) is 20.9. The third-order valence-corrected chi connectivity index (χ3v) is 3.05. The van der Waals surface area contributed by atoms with Crippen LogP contribution in [0.25, 0.3) is 0 Å². The molecule has 0 spiro atoms. The molecule has 0 heterocycles. The summed E-state index contributed by atoms with van der Waals surface area (Å²) >= 11 is 0. The summed E-state index contributed by atoms with van der Waals surface area (Å²) < 4.78 is 0. The number of aromatic hydroxyl groups is 1. The summed E-state index contributed by atoms with van der Waals surface area (Å²) in [5.41, 5.74) is 2.01. The number of amides is 1. The highest BCUT2D eigenvalue weighted by atomic mass is 16.4. The van der Waals surface area contributed by atoms with Crippen molar-refractivity contribution in [3.05, 3.63) is 59.2 Å². The van der Waals surface area contributed by atoms with Crippen molar-refractivity contribution in [1.29, 1.82) is 0 Å². The molecule has 0 bridgehead atoms. The molecule has 0 atom stereocenters. The van der Waals surface area contributed by atoms with E-state index < -0.39 is 5.97 Å². The Hall–Kier alpha value is -2.82.